The Morgan fingerprint density at radius 2 is 1.88 bits per heavy atom. The van der Waals surface area contributed by atoms with Crippen molar-refractivity contribution in [3.8, 4) is 0 Å². The largest absolute Gasteiger partial charge is 0.396 e. The van der Waals surface area contributed by atoms with Crippen molar-refractivity contribution in [3.63, 3.8) is 0 Å². The van der Waals surface area contributed by atoms with Gasteiger partial charge in [-0.3, -0.25) is 0 Å². The minimum Gasteiger partial charge on any atom is -0.396 e. The van der Waals surface area contributed by atoms with Crippen molar-refractivity contribution in [3.05, 3.63) is 21.3 Å². The van der Waals surface area contributed by atoms with Gasteiger partial charge in [-0.05, 0) is 25.3 Å². The third kappa shape index (κ3) is 4.51. The molecule has 0 saturated carbocycles. The summed E-state index contributed by atoms with van der Waals surface area (Å²) < 4.78 is 0. The molecule has 1 N–H and O–H groups in total. The first kappa shape index (κ1) is 14.8. The quantitative estimate of drug-likeness (QED) is 0.643. The highest BCUT2D eigenvalue weighted by molar-refractivity contribution is 6.42. The summed E-state index contributed by atoms with van der Waals surface area (Å²) in [5, 5.41) is 9.78. The molecule has 17 heavy (non-hydrogen) atoms. The summed E-state index contributed by atoms with van der Waals surface area (Å²) in [6.45, 7) is 1.04. The molecule has 1 aromatic rings. The van der Waals surface area contributed by atoms with Crippen molar-refractivity contribution in [1.29, 1.82) is 0 Å². The lowest BCUT2D eigenvalue weighted by Crippen LogP contribution is -2.20. The second kappa shape index (κ2) is 7.27. The Bertz CT molecular complexity index is 374. The maximum Gasteiger partial charge on any atom is 0.150 e. The Labute approximate surface area is 116 Å². The lowest BCUT2D eigenvalue weighted by molar-refractivity contribution is 0.283. The van der Waals surface area contributed by atoms with Gasteiger partial charge in [-0.15, -0.1) is 0 Å². The first-order valence-corrected chi connectivity index (χ1v) is 6.53. The van der Waals surface area contributed by atoms with Crippen LogP contribution in [0, 0.1) is 0 Å². The lowest BCUT2D eigenvalue weighted by Gasteiger charge is -2.19. The van der Waals surface area contributed by atoms with E-state index < -0.39 is 0 Å². The van der Waals surface area contributed by atoms with Crippen LogP contribution in [0.3, 0.4) is 0 Å². The van der Waals surface area contributed by atoms with Gasteiger partial charge in [0.05, 0.1) is 10.0 Å². The molecule has 0 aliphatic rings. The molecule has 0 fully saturated rings. The van der Waals surface area contributed by atoms with Gasteiger partial charge < -0.3 is 10.0 Å². The predicted octanol–water partition coefficient (Wildman–Crippen LogP) is 3.64. The molecule has 0 aliphatic heterocycles. The Balaban J connectivity index is 2.62. The minimum atomic E-state index is 0.232. The van der Waals surface area contributed by atoms with Crippen LogP contribution in [-0.2, 0) is 0 Å². The van der Waals surface area contributed by atoms with E-state index in [2.05, 4.69) is 4.98 Å². The van der Waals surface area contributed by atoms with Crippen LogP contribution in [0.5, 0.6) is 0 Å². The Morgan fingerprint density at radius 1 is 1.18 bits per heavy atom. The molecule has 0 saturated heterocycles. The predicted molar refractivity (Wildman–Crippen MR) is 73.5 cm³/mol. The summed E-state index contributed by atoms with van der Waals surface area (Å²) in [7, 11) is 1.90. The summed E-state index contributed by atoms with van der Waals surface area (Å²) in [5.74, 6) is 0.630. The maximum atomic E-state index is 8.68. The minimum absolute atomic E-state index is 0.232. The van der Waals surface area contributed by atoms with Crippen molar-refractivity contribution < 1.29 is 5.11 Å². The van der Waals surface area contributed by atoms with Crippen molar-refractivity contribution in [2.24, 2.45) is 0 Å². The number of halogens is 3. The van der Waals surface area contributed by atoms with Crippen LogP contribution in [0.15, 0.2) is 6.07 Å². The number of pyridine rings is 1. The number of aromatic nitrogens is 1. The van der Waals surface area contributed by atoms with Crippen LogP contribution in [0.25, 0.3) is 0 Å². The van der Waals surface area contributed by atoms with Crippen molar-refractivity contribution in [1.82, 2.24) is 4.98 Å². The number of hydrogen-bond donors (Lipinski definition) is 1. The molecule has 96 valence electrons. The maximum absolute atomic E-state index is 8.68. The van der Waals surface area contributed by atoms with Gasteiger partial charge in [0.1, 0.15) is 11.0 Å². The molecule has 0 unspecified atom stereocenters. The molecule has 3 nitrogen and oxygen atoms in total. The Hall–Kier alpha value is -0.220. The van der Waals surface area contributed by atoms with Crippen LogP contribution in [-0.4, -0.2) is 30.3 Å². The van der Waals surface area contributed by atoms with Gasteiger partial charge in [-0.1, -0.05) is 34.8 Å². The molecule has 0 amide bonds. The molecular weight excluding hydrogens is 282 g/mol. The summed E-state index contributed by atoms with van der Waals surface area (Å²) >= 11 is 17.7. The molecule has 0 radical (unpaired) electrons. The first-order valence-electron chi connectivity index (χ1n) is 5.39. The van der Waals surface area contributed by atoms with Crippen LogP contribution in [0.1, 0.15) is 19.3 Å². The standard InChI is InChI=1S/C11H15Cl3N2O/c1-16(5-3-2-4-6-17)11-9(13)7-8(12)10(14)15-11/h7,17H,2-6H2,1H3. The molecule has 1 heterocycles. The van der Waals surface area contributed by atoms with E-state index in [9.17, 15) is 0 Å². The molecule has 6 heteroatoms. The van der Waals surface area contributed by atoms with Gasteiger partial charge in [0.25, 0.3) is 0 Å². The van der Waals surface area contributed by atoms with Crippen LogP contribution >= 0.6 is 34.8 Å². The van der Waals surface area contributed by atoms with Gasteiger partial charge in [0.2, 0.25) is 0 Å². The number of unbranched alkanes of at least 4 members (excludes halogenated alkanes) is 2. The van der Waals surface area contributed by atoms with E-state index in [4.69, 9.17) is 39.9 Å². The van der Waals surface area contributed by atoms with Gasteiger partial charge in [-0.25, -0.2) is 4.98 Å². The van der Waals surface area contributed by atoms with Crippen LogP contribution < -0.4 is 4.90 Å². The SMILES string of the molecule is CN(CCCCCO)c1nc(Cl)c(Cl)cc1Cl. The van der Waals surface area contributed by atoms with Gasteiger partial charge >= 0.3 is 0 Å². The summed E-state index contributed by atoms with van der Waals surface area (Å²) in [6.07, 6.45) is 2.76. The fraction of sp³-hybridized carbons (Fsp3) is 0.545. The van der Waals surface area contributed by atoms with Gasteiger partial charge in [0, 0.05) is 20.2 Å². The highest BCUT2D eigenvalue weighted by Gasteiger charge is 2.11. The van der Waals surface area contributed by atoms with E-state index in [1.54, 1.807) is 6.07 Å². The van der Waals surface area contributed by atoms with E-state index >= 15 is 0 Å². The number of rotatable bonds is 6. The van der Waals surface area contributed by atoms with Crippen LogP contribution in [0.4, 0.5) is 5.82 Å². The summed E-state index contributed by atoms with van der Waals surface area (Å²) in [5.41, 5.74) is 0. The zero-order chi connectivity index (χ0) is 12.8. The average molecular weight is 298 g/mol. The third-order valence-corrected chi connectivity index (χ3v) is 3.33. The first-order chi connectivity index (χ1) is 8.06. The van der Waals surface area contributed by atoms with Crippen molar-refractivity contribution >= 4 is 40.6 Å². The van der Waals surface area contributed by atoms with E-state index in [1.165, 1.54) is 0 Å². The summed E-state index contributed by atoms with van der Waals surface area (Å²) in [4.78, 5) is 6.08. The zero-order valence-corrected chi connectivity index (χ0v) is 11.9. The fourth-order valence-electron chi connectivity index (χ4n) is 1.45. The molecule has 0 aromatic carbocycles. The number of anilines is 1. The second-order valence-corrected chi connectivity index (χ2v) is 4.94. The molecule has 0 atom stereocenters. The Morgan fingerprint density at radius 3 is 2.53 bits per heavy atom. The normalized spacial score (nSPS) is 10.6. The molecule has 0 spiro atoms. The van der Waals surface area contributed by atoms with Crippen molar-refractivity contribution in [2.45, 2.75) is 19.3 Å². The van der Waals surface area contributed by atoms with E-state index in [0.29, 0.717) is 15.9 Å². The average Bonchev–Trinajstić information content (AvgIpc) is 2.29. The van der Waals surface area contributed by atoms with E-state index in [1.807, 2.05) is 11.9 Å². The zero-order valence-electron chi connectivity index (χ0n) is 9.59. The van der Waals surface area contributed by atoms with Gasteiger partial charge in [0.15, 0.2) is 0 Å². The van der Waals surface area contributed by atoms with E-state index in [0.717, 1.165) is 25.8 Å². The topological polar surface area (TPSA) is 36.4 Å². The molecular formula is C11H15Cl3N2O. The highest BCUT2D eigenvalue weighted by atomic mass is 35.5. The van der Waals surface area contributed by atoms with E-state index in [-0.39, 0.29) is 11.8 Å². The number of aliphatic hydroxyl groups is 1. The molecule has 0 bridgehead atoms. The molecule has 0 aliphatic carbocycles. The number of hydrogen-bond acceptors (Lipinski definition) is 3. The molecule has 1 aromatic heterocycles. The van der Waals surface area contributed by atoms with Crippen LogP contribution in [0.2, 0.25) is 15.2 Å². The Kier molecular flexibility index (Phi) is 6.34. The summed E-state index contributed by atoms with van der Waals surface area (Å²) in [6, 6.07) is 1.60. The van der Waals surface area contributed by atoms with Gasteiger partial charge in [-0.2, -0.15) is 0 Å². The highest BCUT2D eigenvalue weighted by Crippen LogP contribution is 2.30. The molecule has 1 rings (SSSR count). The smallest absolute Gasteiger partial charge is 0.150 e. The fourth-order valence-corrected chi connectivity index (χ4v) is 2.08. The second-order valence-electron chi connectivity index (χ2n) is 3.77. The van der Waals surface area contributed by atoms with Crippen molar-refractivity contribution in [2.75, 3.05) is 25.1 Å². The number of aliphatic hydroxyl groups excluding tert-OH is 1. The monoisotopic (exact) mass is 296 g/mol. The lowest BCUT2D eigenvalue weighted by atomic mass is 10.2. The number of nitrogens with zero attached hydrogens (tertiary/aromatic N) is 2. The third-order valence-electron chi connectivity index (χ3n) is 2.38.